The minimum atomic E-state index is 0.169. The number of carbonyl (C=O) groups excluding carboxylic acids is 1. The number of rotatable bonds is 12. The Kier molecular flexibility index (Phi) is 13.7. The Balaban J connectivity index is 3.05. The van der Waals surface area contributed by atoms with Crippen molar-refractivity contribution in [3.63, 3.8) is 0 Å². The maximum absolute atomic E-state index is 11.3. The number of nitrogens with two attached hydrogens (primary N) is 1. The fraction of sp³-hybridized carbons (Fsp3) is 0.923. The number of nitrogens with one attached hydrogen (secondary N) is 1. The zero-order valence-corrected chi connectivity index (χ0v) is 11.8. The van der Waals surface area contributed by atoms with Gasteiger partial charge in [-0.1, -0.05) is 38.5 Å². The van der Waals surface area contributed by atoms with Crippen LogP contribution in [-0.2, 0) is 4.79 Å². The van der Waals surface area contributed by atoms with Crippen molar-refractivity contribution in [2.75, 3.05) is 18.8 Å². The van der Waals surface area contributed by atoms with Crippen LogP contribution in [0.1, 0.15) is 57.8 Å². The van der Waals surface area contributed by atoms with Gasteiger partial charge in [-0.05, 0) is 19.4 Å². The molecule has 0 bridgehead atoms. The van der Waals surface area contributed by atoms with Gasteiger partial charge >= 0.3 is 0 Å². The molecular weight excluding hydrogens is 232 g/mol. The molecule has 0 aromatic rings. The first kappa shape index (κ1) is 16.8. The molecule has 3 nitrogen and oxygen atoms in total. The Morgan fingerprint density at radius 3 is 2.00 bits per heavy atom. The van der Waals surface area contributed by atoms with Crippen LogP contribution in [0.5, 0.6) is 0 Å². The summed E-state index contributed by atoms with van der Waals surface area (Å²) in [5.41, 5.74) is 5.43. The van der Waals surface area contributed by atoms with Gasteiger partial charge in [-0.15, -0.1) is 0 Å². The van der Waals surface area contributed by atoms with Gasteiger partial charge in [0.2, 0.25) is 5.91 Å². The molecule has 4 heteroatoms. The van der Waals surface area contributed by atoms with Gasteiger partial charge in [0.05, 0.1) is 0 Å². The lowest BCUT2D eigenvalue weighted by molar-refractivity contribution is -0.121. The average Bonchev–Trinajstić information content (AvgIpc) is 2.34. The molecule has 0 heterocycles. The van der Waals surface area contributed by atoms with Crippen molar-refractivity contribution in [2.45, 2.75) is 57.8 Å². The lowest BCUT2D eigenvalue weighted by Gasteiger charge is -2.03. The van der Waals surface area contributed by atoms with E-state index < -0.39 is 0 Å². The normalized spacial score (nSPS) is 10.5. The van der Waals surface area contributed by atoms with Crippen LogP contribution in [0.15, 0.2) is 0 Å². The van der Waals surface area contributed by atoms with Crippen molar-refractivity contribution in [2.24, 2.45) is 5.73 Å². The highest BCUT2D eigenvalue weighted by Gasteiger charge is 1.99. The maximum Gasteiger partial charge on any atom is 0.220 e. The van der Waals surface area contributed by atoms with Crippen LogP contribution in [-0.4, -0.2) is 24.7 Å². The van der Waals surface area contributed by atoms with E-state index in [0.717, 1.165) is 19.4 Å². The van der Waals surface area contributed by atoms with Gasteiger partial charge in [-0.2, -0.15) is 12.6 Å². The van der Waals surface area contributed by atoms with Crippen LogP contribution in [0.3, 0.4) is 0 Å². The lowest BCUT2D eigenvalue weighted by atomic mass is 10.1. The molecular formula is C13H28N2OS. The second-order valence-electron chi connectivity index (χ2n) is 4.44. The highest BCUT2D eigenvalue weighted by Crippen LogP contribution is 2.09. The van der Waals surface area contributed by atoms with E-state index in [4.69, 9.17) is 5.73 Å². The first-order valence-corrected chi connectivity index (χ1v) is 7.52. The molecule has 3 N–H and O–H groups in total. The molecule has 0 atom stereocenters. The van der Waals surface area contributed by atoms with Gasteiger partial charge in [0.15, 0.2) is 0 Å². The minimum Gasteiger partial charge on any atom is -0.355 e. The van der Waals surface area contributed by atoms with Gasteiger partial charge in [-0.25, -0.2) is 0 Å². The summed E-state index contributed by atoms with van der Waals surface area (Å²) in [6, 6.07) is 0. The van der Waals surface area contributed by atoms with Crippen LogP contribution in [0.2, 0.25) is 0 Å². The molecule has 0 aliphatic carbocycles. The fourth-order valence-electron chi connectivity index (χ4n) is 1.77. The van der Waals surface area contributed by atoms with Gasteiger partial charge in [0.25, 0.3) is 0 Å². The highest BCUT2D eigenvalue weighted by molar-refractivity contribution is 7.80. The molecule has 1 amide bonds. The Labute approximate surface area is 111 Å². The van der Waals surface area contributed by atoms with E-state index in [1.807, 2.05) is 0 Å². The Bertz CT molecular complexity index is 177. The number of carbonyl (C=O) groups is 1. The van der Waals surface area contributed by atoms with E-state index in [9.17, 15) is 4.79 Å². The molecule has 0 radical (unpaired) electrons. The summed E-state index contributed by atoms with van der Waals surface area (Å²) < 4.78 is 0. The highest BCUT2D eigenvalue weighted by atomic mass is 32.1. The van der Waals surface area contributed by atoms with Crippen LogP contribution in [0, 0.1) is 0 Å². The second-order valence-corrected chi connectivity index (χ2v) is 4.89. The van der Waals surface area contributed by atoms with E-state index in [1.165, 1.54) is 38.5 Å². The largest absolute Gasteiger partial charge is 0.355 e. The molecule has 0 spiro atoms. The standard InChI is InChI=1S/C13H28N2OS/c14-10-8-6-4-2-1-3-5-7-9-13(16)15-11-12-17/h17H,1-12,14H2,(H,15,16). The second kappa shape index (κ2) is 13.8. The van der Waals surface area contributed by atoms with E-state index >= 15 is 0 Å². The molecule has 0 aromatic heterocycles. The van der Waals surface area contributed by atoms with Crippen molar-refractivity contribution >= 4 is 18.5 Å². The van der Waals surface area contributed by atoms with Crippen molar-refractivity contribution in [1.29, 1.82) is 0 Å². The Morgan fingerprint density at radius 1 is 0.941 bits per heavy atom. The van der Waals surface area contributed by atoms with Crippen molar-refractivity contribution < 1.29 is 4.79 Å². The summed E-state index contributed by atoms with van der Waals surface area (Å²) in [5.74, 6) is 0.885. The number of amides is 1. The summed E-state index contributed by atoms with van der Waals surface area (Å²) in [5, 5.41) is 2.83. The zero-order valence-electron chi connectivity index (χ0n) is 10.9. The average molecular weight is 260 g/mol. The summed E-state index contributed by atoms with van der Waals surface area (Å²) in [6.45, 7) is 1.50. The predicted octanol–water partition coefficient (Wildman–Crippen LogP) is 2.50. The molecule has 0 fully saturated rings. The third-order valence-corrected chi connectivity index (χ3v) is 3.02. The van der Waals surface area contributed by atoms with E-state index in [1.54, 1.807) is 0 Å². The smallest absolute Gasteiger partial charge is 0.220 e. The van der Waals surface area contributed by atoms with Crippen molar-refractivity contribution in [1.82, 2.24) is 5.32 Å². The third-order valence-electron chi connectivity index (χ3n) is 2.79. The fourth-order valence-corrected chi connectivity index (χ4v) is 1.89. The first-order valence-electron chi connectivity index (χ1n) is 6.89. The van der Waals surface area contributed by atoms with Gasteiger partial charge in [0, 0.05) is 18.7 Å². The van der Waals surface area contributed by atoms with E-state index in [-0.39, 0.29) is 5.91 Å². The molecule has 17 heavy (non-hydrogen) atoms. The summed E-state index contributed by atoms with van der Waals surface area (Å²) in [6.07, 6.45) is 10.4. The first-order chi connectivity index (χ1) is 8.31. The minimum absolute atomic E-state index is 0.169. The number of unbranched alkanes of at least 4 members (excludes halogenated alkanes) is 7. The molecule has 0 unspecified atom stereocenters. The van der Waals surface area contributed by atoms with E-state index in [0.29, 0.717) is 18.7 Å². The summed E-state index contributed by atoms with van der Waals surface area (Å²) in [7, 11) is 0. The number of thiol groups is 1. The molecule has 102 valence electrons. The number of hydrogen-bond donors (Lipinski definition) is 3. The lowest BCUT2D eigenvalue weighted by Crippen LogP contribution is -2.24. The third kappa shape index (κ3) is 13.7. The molecule has 0 aromatic carbocycles. The molecule has 0 aliphatic rings. The van der Waals surface area contributed by atoms with Crippen LogP contribution >= 0.6 is 12.6 Å². The Hall–Kier alpha value is -0.220. The van der Waals surface area contributed by atoms with Crippen molar-refractivity contribution in [3.8, 4) is 0 Å². The topological polar surface area (TPSA) is 55.1 Å². The molecule has 0 aliphatic heterocycles. The van der Waals surface area contributed by atoms with Gasteiger partial charge < -0.3 is 11.1 Å². The van der Waals surface area contributed by atoms with Crippen LogP contribution in [0.4, 0.5) is 0 Å². The zero-order chi connectivity index (χ0) is 12.8. The van der Waals surface area contributed by atoms with Gasteiger partial charge in [-0.3, -0.25) is 4.79 Å². The monoisotopic (exact) mass is 260 g/mol. The summed E-state index contributed by atoms with van der Waals surface area (Å²) in [4.78, 5) is 11.3. The Morgan fingerprint density at radius 2 is 1.47 bits per heavy atom. The number of hydrogen-bond acceptors (Lipinski definition) is 3. The molecule has 0 rings (SSSR count). The van der Waals surface area contributed by atoms with Crippen molar-refractivity contribution in [3.05, 3.63) is 0 Å². The predicted molar refractivity (Wildman–Crippen MR) is 77.5 cm³/mol. The van der Waals surface area contributed by atoms with Crippen LogP contribution in [0.25, 0.3) is 0 Å². The SMILES string of the molecule is NCCCCCCCCCCC(=O)NCCS. The maximum atomic E-state index is 11.3. The van der Waals surface area contributed by atoms with Crippen LogP contribution < -0.4 is 11.1 Å². The molecule has 0 saturated heterocycles. The van der Waals surface area contributed by atoms with Gasteiger partial charge in [0.1, 0.15) is 0 Å². The summed E-state index contributed by atoms with van der Waals surface area (Å²) >= 11 is 4.04. The quantitative estimate of drug-likeness (QED) is 0.373. The molecule has 0 saturated carbocycles. The van der Waals surface area contributed by atoms with E-state index in [2.05, 4.69) is 17.9 Å².